The summed E-state index contributed by atoms with van der Waals surface area (Å²) in [4.78, 5) is 41.4. The normalized spacial score (nSPS) is 17.2. The molecule has 0 saturated carbocycles. The molecule has 2 aliphatic rings. The summed E-state index contributed by atoms with van der Waals surface area (Å²) in [5.41, 5.74) is 3.14. The summed E-state index contributed by atoms with van der Waals surface area (Å²) in [7, 11) is 1.83. The third kappa shape index (κ3) is 5.24. The molecule has 0 N–H and O–H groups in total. The number of amides is 2. The van der Waals surface area contributed by atoms with Crippen LogP contribution in [0, 0.1) is 6.92 Å². The Labute approximate surface area is 196 Å². The van der Waals surface area contributed by atoms with E-state index in [4.69, 9.17) is 9.97 Å². The highest BCUT2D eigenvalue weighted by Crippen LogP contribution is 2.28. The minimum atomic E-state index is -0.0832. The number of nitrogens with zero attached hydrogens (tertiary/aromatic N) is 5. The molecule has 2 amide bonds. The molecule has 1 aromatic heterocycles. The smallest absolute Gasteiger partial charge is 0.240 e. The van der Waals surface area contributed by atoms with Crippen LogP contribution in [0.3, 0.4) is 0 Å². The average Bonchev–Trinajstić information content (AvgIpc) is 3.34. The Hall–Kier alpha value is -2.80. The van der Waals surface area contributed by atoms with Crippen LogP contribution in [-0.4, -0.2) is 64.3 Å². The van der Waals surface area contributed by atoms with Crippen molar-refractivity contribution in [3.8, 4) is 0 Å². The fourth-order valence-electron chi connectivity index (χ4n) is 5.01. The lowest BCUT2D eigenvalue weighted by Gasteiger charge is -2.31. The summed E-state index contributed by atoms with van der Waals surface area (Å²) < 4.78 is 0. The van der Waals surface area contributed by atoms with E-state index < -0.39 is 0 Å². The minimum absolute atomic E-state index is 0.0832. The number of carbonyl (C=O) groups excluding carboxylic acids is 2. The molecule has 2 aliphatic heterocycles. The van der Waals surface area contributed by atoms with E-state index in [2.05, 4.69) is 24.0 Å². The summed E-state index contributed by atoms with van der Waals surface area (Å²) in [6.07, 6.45) is 5.05. The lowest BCUT2D eigenvalue weighted by molar-refractivity contribution is -0.136. The third-order valence-corrected chi connectivity index (χ3v) is 6.86. The number of carbonyl (C=O) groups is 2. The van der Waals surface area contributed by atoms with Crippen LogP contribution in [0.1, 0.15) is 55.3 Å². The first-order chi connectivity index (χ1) is 16.0. The number of anilines is 1. The number of likely N-dealkylation sites (tertiary alicyclic amines) is 1. The molecule has 0 bridgehead atoms. The maximum atomic E-state index is 13.2. The standard InChI is InChI=1S/C26H35N5O2/c1-4-22(30-15-8-9-16-30)26(33)29(3)18-23-27-19(2)21-12-13-24(32)31(25(21)28-23)17-14-20-10-6-5-7-11-20/h5-7,10-11,22H,4,8-9,12-18H2,1-3H3. The van der Waals surface area contributed by atoms with Gasteiger partial charge in [0.2, 0.25) is 11.8 Å². The van der Waals surface area contributed by atoms with Crippen molar-refractivity contribution in [2.24, 2.45) is 0 Å². The predicted octanol–water partition coefficient (Wildman–Crippen LogP) is 3.14. The molecule has 0 spiro atoms. The SMILES string of the molecule is CCC(C(=O)N(C)Cc1nc(C)c2c(n1)N(CCc1ccccc1)C(=O)CC2)N1CCCC1. The molecule has 4 rings (SSSR count). The molecule has 7 heteroatoms. The van der Waals surface area contributed by atoms with E-state index in [-0.39, 0.29) is 17.9 Å². The summed E-state index contributed by atoms with van der Waals surface area (Å²) in [5, 5.41) is 0. The highest BCUT2D eigenvalue weighted by molar-refractivity contribution is 5.95. The van der Waals surface area contributed by atoms with Crippen molar-refractivity contribution in [3.05, 3.63) is 53.0 Å². The molecule has 2 aromatic rings. The molecular formula is C26H35N5O2. The van der Waals surface area contributed by atoms with Crippen molar-refractivity contribution >= 4 is 17.6 Å². The highest BCUT2D eigenvalue weighted by Gasteiger charge is 2.31. The quantitative estimate of drug-likeness (QED) is 0.619. The minimum Gasteiger partial charge on any atom is -0.337 e. The summed E-state index contributed by atoms with van der Waals surface area (Å²) >= 11 is 0. The van der Waals surface area contributed by atoms with Gasteiger partial charge in [-0.2, -0.15) is 0 Å². The number of aromatic nitrogens is 2. The van der Waals surface area contributed by atoms with E-state index in [9.17, 15) is 9.59 Å². The average molecular weight is 450 g/mol. The van der Waals surface area contributed by atoms with Crippen molar-refractivity contribution in [2.45, 2.75) is 65.0 Å². The van der Waals surface area contributed by atoms with Crippen LogP contribution >= 0.6 is 0 Å². The molecule has 33 heavy (non-hydrogen) atoms. The van der Waals surface area contributed by atoms with Crippen molar-refractivity contribution in [3.63, 3.8) is 0 Å². The van der Waals surface area contributed by atoms with Crippen molar-refractivity contribution in [2.75, 3.05) is 31.6 Å². The third-order valence-electron chi connectivity index (χ3n) is 6.86. The number of benzene rings is 1. The van der Waals surface area contributed by atoms with Crippen LogP contribution in [0.2, 0.25) is 0 Å². The molecule has 176 valence electrons. The molecule has 3 heterocycles. The van der Waals surface area contributed by atoms with Gasteiger partial charge in [-0.25, -0.2) is 9.97 Å². The van der Waals surface area contributed by atoms with E-state index >= 15 is 0 Å². The van der Waals surface area contributed by atoms with E-state index in [1.54, 1.807) is 4.90 Å². The van der Waals surface area contributed by atoms with E-state index in [0.29, 0.717) is 31.8 Å². The van der Waals surface area contributed by atoms with Gasteiger partial charge >= 0.3 is 0 Å². The second kappa shape index (κ2) is 10.4. The van der Waals surface area contributed by atoms with Crippen LogP contribution in [-0.2, 0) is 29.0 Å². The first-order valence-electron chi connectivity index (χ1n) is 12.2. The Morgan fingerprint density at radius 2 is 1.85 bits per heavy atom. The first-order valence-corrected chi connectivity index (χ1v) is 12.2. The van der Waals surface area contributed by atoms with Gasteiger partial charge in [0.1, 0.15) is 11.6 Å². The van der Waals surface area contributed by atoms with Crippen molar-refractivity contribution in [1.82, 2.24) is 19.8 Å². The summed E-state index contributed by atoms with van der Waals surface area (Å²) in [6, 6.07) is 10.1. The van der Waals surface area contributed by atoms with E-state index in [0.717, 1.165) is 55.8 Å². The van der Waals surface area contributed by atoms with Crippen LogP contribution in [0.25, 0.3) is 0 Å². The zero-order valence-electron chi connectivity index (χ0n) is 20.1. The Bertz CT molecular complexity index is 988. The fraction of sp³-hybridized carbons (Fsp3) is 0.538. The van der Waals surface area contributed by atoms with Crippen LogP contribution in [0.4, 0.5) is 5.82 Å². The van der Waals surface area contributed by atoms with Gasteiger partial charge in [0.05, 0.1) is 12.6 Å². The van der Waals surface area contributed by atoms with Gasteiger partial charge in [-0.1, -0.05) is 37.3 Å². The van der Waals surface area contributed by atoms with Gasteiger partial charge < -0.3 is 4.90 Å². The molecule has 7 nitrogen and oxygen atoms in total. The predicted molar refractivity (Wildman–Crippen MR) is 129 cm³/mol. The first kappa shape index (κ1) is 23.4. The van der Waals surface area contributed by atoms with E-state index in [1.165, 1.54) is 5.56 Å². The van der Waals surface area contributed by atoms with Gasteiger partial charge in [0.25, 0.3) is 0 Å². The maximum Gasteiger partial charge on any atom is 0.240 e. The van der Waals surface area contributed by atoms with E-state index in [1.807, 2.05) is 37.1 Å². The second-order valence-electron chi connectivity index (χ2n) is 9.17. The van der Waals surface area contributed by atoms with Gasteiger partial charge in [-0.3, -0.25) is 19.4 Å². The van der Waals surface area contributed by atoms with Crippen molar-refractivity contribution < 1.29 is 9.59 Å². The zero-order valence-corrected chi connectivity index (χ0v) is 20.1. The van der Waals surface area contributed by atoms with Gasteiger partial charge in [-0.05, 0) is 57.7 Å². The molecule has 0 aliphatic carbocycles. The monoisotopic (exact) mass is 449 g/mol. The second-order valence-corrected chi connectivity index (χ2v) is 9.17. The molecular weight excluding hydrogens is 414 g/mol. The van der Waals surface area contributed by atoms with Crippen LogP contribution in [0.5, 0.6) is 0 Å². The summed E-state index contributed by atoms with van der Waals surface area (Å²) in [6.45, 7) is 6.97. The molecule has 1 fully saturated rings. The molecule has 0 radical (unpaired) electrons. The number of likely N-dealkylation sites (N-methyl/N-ethyl adjacent to an activating group) is 1. The largest absolute Gasteiger partial charge is 0.337 e. The highest BCUT2D eigenvalue weighted by atomic mass is 16.2. The van der Waals surface area contributed by atoms with Crippen LogP contribution < -0.4 is 4.90 Å². The number of fused-ring (bicyclic) bond motifs is 1. The zero-order chi connectivity index (χ0) is 23.4. The Morgan fingerprint density at radius 1 is 1.12 bits per heavy atom. The summed E-state index contributed by atoms with van der Waals surface area (Å²) in [5.74, 6) is 1.54. The lowest BCUT2D eigenvalue weighted by Crippen LogP contribution is -2.46. The Morgan fingerprint density at radius 3 is 2.55 bits per heavy atom. The van der Waals surface area contributed by atoms with Gasteiger partial charge in [0.15, 0.2) is 0 Å². The molecule has 1 atom stereocenters. The van der Waals surface area contributed by atoms with Crippen molar-refractivity contribution in [1.29, 1.82) is 0 Å². The number of hydrogen-bond donors (Lipinski definition) is 0. The number of rotatable bonds is 8. The molecule has 1 saturated heterocycles. The number of hydrogen-bond acceptors (Lipinski definition) is 5. The topological polar surface area (TPSA) is 69.6 Å². The van der Waals surface area contributed by atoms with Gasteiger partial charge in [-0.15, -0.1) is 0 Å². The maximum absolute atomic E-state index is 13.2. The van der Waals surface area contributed by atoms with Gasteiger partial charge in [0, 0.05) is 31.3 Å². The lowest BCUT2D eigenvalue weighted by atomic mass is 10.0. The van der Waals surface area contributed by atoms with Crippen LogP contribution in [0.15, 0.2) is 30.3 Å². The fourth-order valence-corrected chi connectivity index (χ4v) is 5.01. The Balaban J connectivity index is 1.52. The molecule has 1 aromatic carbocycles. The Kier molecular flexibility index (Phi) is 7.38. The number of aryl methyl sites for hydroxylation is 1. The molecule has 1 unspecified atom stereocenters.